The molecular weight excluding hydrogens is 825 g/mol. The Balaban J connectivity index is 2.04. The summed E-state index contributed by atoms with van der Waals surface area (Å²) in [5, 5.41) is 22.6. The van der Waals surface area contributed by atoms with Gasteiger partial charge >= 0.3 is 7.82 Å². The van der Waals surface area contributed by atoms with Crippen molar-refractivity contribution in [2.24, 2.45) is 11.7 Å². The molecule has 1 aromatic heterocycles. The number of aliphatic hydroxyl groups excluding tert-OH is 1. The number of nitrogens with two attached hydrogens (primary N) is 1. The lowest BCUT2D eigenvalue weighted by Crippen LogP contribution is -2.62. The van der Waals surface area contributed by atoms with Crippen molar-refractivity contribution in [1.29, 1.82) is 0 Å². The normalized spacial score (nSPS) is 23.2. The van der Waals surface area contributed by atoms with Crippen LogP contribution in [0.15, 0.2) is 36.8 Å². The molecule has 11 N–H and O–H groups in total. The van der Waals surface area contributed by atoms with Gasteiger partial charge in [0.25, 0.3) is 0 Å². The first kappa shape index (κ1) is 47.8. The van der Waals surface area contributed by atoms with E-state index in [0.29, 0.717) is 17.1 Å². The van der Waals surface area contributed by atoms with Crippen molar-refractivity contribution < 1.29 is 57.5 Å². The van der Waals surface area contributed by atoms with E-state index in [9.17, 15) is 53.0 Å². The summed E-state index contributed by atoms with van der Waals surface area (Å²) in [4.78, 5) is 121. The van der Waals surface area contributed by atoms with Crippen LogP contribution in [0, 0.1) is 5.92 Å². The minimum atomic E-state index is -5.28. The summed E-state index contributed by atoms with van der Waals surface area (Å²) in [7, 11) is -5.28. The molecule has 1 aliphatic rings. The summed E-state index contributed by atoms with van der Waals surface area (Å²) in [6.45, 7) is 3.13. The van der Waals surface area contributed by atoms with Crippen LogP contribution in [0.2, 0.25) is 5.02 Å². The van der Waals surface area contributed by atoms with Crippen LogP contribution in [-0.4, -0.2) is 139 Å². The van der Waals surface area contributed by atoms with E-state index in [-0.39, 0.29) is 36.8 Å². The zero-order valence-electron chi connectivity index (χ0n) is 31.9. The number of imidazole rings is 1. The number of aliphatic hydroxyl groups is 1. The number of nitrogens with one attached hydrogen (secondary N) is 6. The Kier molecular flexibility index (Phi) is 18.6. The molecule has 24 heteroatoms. The fraction of sp³-hybridized carbons (Fsp3) is 0.529. The van der Waals surface area contributed by atoms with Crippen molar-refractivity contribution in [3.05, 3.63) is 53.1 Å². The Hall–Kier alpha value is -4.57. The van der Waals surface area contributed by atoms with Gasteiger partial charge in [-0.05, 0) is 43.4 Å². The number of carbonyl (C=O) groups is 7. The zero-order valence-corrected chi connectivity index (χ0v) is 34.4. The number of phosphoric ester groups is 1. The van der Waals surface area contributed by atoms with E-state index >= 15 is 0 Å². The van der Waals surface area contributed by atoms with Gasteiger partial charge in [-0.2, -0.15) is 0 Å². The van der Waals surface area contributed by atoms with Crippen LogP contribution in [0.5, 0.6) is 0 Å². The van der Waals surface area contributed by atoms with Crippen molar-refractivity contribution in [3.8, 4) is 0 Å². The van der Waals surface area contributed by atoms with Gasteiger partial charge in [0.05, 0.1) is 31.3 Å². The third kappa shape index (κ3) is 16.0. The molecular formula is C34H49ClN9O12PS. The average molecular weight is 874 g/mol. The monoisotopic (exact) mass is 873 g/mol. The first-order chi connectivity index (χ1) is 27.3. The predicted molar refractivity (Wildman–Crippen MR) is 209 cm³/mol. The van der Waals surface area contributed by atoms with E-state index in [2.05, 4.69) is 41.1 Å². The van der Waals surface area contributed by atoms with E-state index in [0.717, 1.165) is 24.2 Å². The number of aromatic amines is 1. The molecule has 1 aliphatic heterocycles. The summed E-state index contributed by atoms with van der Waals surface area (Å²) >= 11 is 6.88. The molecule has 2 heterocycles. The highest BCUT2D eigenvalue weighted by Gasteiger charge is 2.37. The Labute approximate surface area is 342 Å². The molecule has 0 spiro atoms. The van der Waals surface area contributed by atoms with Gasteiger partial charge < -0.3 is 57.1 Å². The van der Waals surface area contributed by atoms with Crippen LogP contribution in [0.1, 0.15) is 38.4 Å². The largest absolute Gasteiger partial charge is 0.469 e. The molecule has 58 heavy (non-hydrogen) atoms. The number of hydrogen-bond acceptors (Lipinski definition) is 12. The Morgan fingerprint density at radius 3 is 2.19 bits per heavy atom. The number of amides is 7. The van der Waals surface area contributed by atoms with E-state index in [1.54, 1.807) is 38.1 Å². The van der Waals surface area contributed by atoms with E-state index in [1.165, 1.54) is 17.4 Å². The van der Waals surface area contributed by atoms with Crippen LogP contribution in [0.4, 0.5) is 0 Å². The van der Waals surface area contributed by atoms with Gasteiger partial charge in [-0.15, -0.1) is 11.8 Å². The van der Waals surface area contributed by atoms with Crippen molar-refractivity contribution >= 4 is 72.5 Å². The van der Waals surface area contributed by atoms with E-state index < -0.39 is 98.6 Å². The van der Waals surface area contributed by atoms with Gasteiger partial charge in [0.2, 0.25) is 41.4 Å². The first-order valence-corrected chi connectivity index (χ1v) is 21.0. The number of aromatic nitrogens is 2. The minimum absolute atomic E-state index is 0.0444. The van der Waals surface area contributed by atoms with Gasteiger partial charge in [-0.3, -0.25) is 38.1 Å². The van der Waals surface area contributed by atoms with Gasteiger partial charge in [0, 0.05) is 35.6 Å². The molecule has 0 saturated carbocycles. The third-order valence-electron chi connectivity index (χ3n) is 8.58. The summed E-state index contributed by atoms with van der Waals surface area (Å²) in [6, 6.07) is -1.08. The second-order valence-electron chi connectivity index (χ2n) is 13.8. The number of nitrogens with zero attached hydrogens (tertiary/aromatic N) is 2. The fourth-order valence-corrected chi connectivity index (χ4v) is 7.27. The highest BCUT2D eigenvalue weighted by Crippen LogP contribution is 2.38. The lowest BCUT2D eigenvalue weighted by atomic mass is 10.0. The van der Waals surface area contributed by atoms with E-state index in [4.69, 9.17) is 17.3 Å². The maximum atomic E-state index is 13.8. The number of primary amides is 1. The lowest BCUT2D eigenvalue weighted by Gasteiger charge is -2.28. The summed E-state index contributed by atoms with van der Waals surface area (Å²) < 4.78 is 16.4. The van der Waals surface area contributed by atoms with Crippen LogP contribution >= 0.6 is 31.2 Å². The maximum absolute atomic E-state index is 13.8. The fourth-order valence-electron chi connectivity index (χ4n) is 5.63. The Morgan fingerprint density at radius 2 is 1.60 bits per heavy atom. The second kappa shape index (κ2) is 22.5. The SMILES string of the molecule is CC(C)C[C@@H]1NC(=O)CN(CCc2ccc(Cl)cc2)C(=O)CSC[C@H](C(N)=O)NC(=O)[C@H]([C@@H](C)OP(=O)(O)O)NC(=O)[C@H](CO)NC(=O)[C@H](Cc2cnc[nH]2)NC1=O. The molecule has 6 atom stereocenters. The van der Waals surface area contributed by atoms with Gasteiger partial charge in [0.15, 0.2) is 0 Å². The van der Waals surface area contributed by atoms with Crippen molar-refractivity contribution in [1.82, 2.24) is 41.5 Å². The molecule has 2 aromatic rings. The van der Waals surface area contributed by atoms with Gasteiger partial charge in [-0.1, -0.05) is 37.6 Å². The number of phosphoric acid groups is 1. The predicted octanol–water partition coefficient (Wildman–Crippen LogP) is -2.13. The van der Waals surface area contributed by atoms with Gasteiger partial charge in [-0.25, -0.2) is 9.55 Å². The standard InChI is InChI=1S/C34H49ClN9O12PS/c1-18(2)10-23-31(49)40-24(11-22-12-37-17-38-22)32(50)41-25(14-45)33(51)43-29(19(3)56-57(53,54)55)34(52)42-26(30(36)48)15-58-16-28(47)44(13-27(46)39-23)9-8-20-4-6-21(35)7-5-20/h4-7,12,17-19,23-26,29,45H,8-11,13-16H2,1-3H3,(H2,36,48)(H,37,38)(H,39,46)(H,40,49)(H,41,50)(H,42,52)(H,43,51)(H2,53,54,55)/t19-,23+,24+,25+,26-,29+/m1/s1. The molecule has 1 saturated heterocycles. The molecule has 1 fully saturated rings. The highest BCUT2D eigenvalue weighted by atomic mass is 35.5. The number of rotatable bonds is 12. The molecule has 0 aliphatic carbocycles. The summed E-state index contributed by atoms with van der Waals surface area (Å²) in [5.74, 6) is -7.32. The van der Waals surface area contributed by atoms with Crippen LogP contribution in [-0.2, 0) is 55.5 Å². The highest BCUT2D eigenvalue weighted by molar-refractivity contribution is 8.00. The molecule has 320 valence electrons. The van der Waals surface area contributed by atoms with Gasteiger partial charge in [0.1, 0.15) is 30.2 Å². The number of benzene rings is 1. The number of carbonyl (C=O) groups excluding carboxylic acids is 7. The number of hydrogen-bond donors (Lipinski definition) is 10. The molecule has 21 nitrogen and oxygen atoms in total. The average Bonchev–Trinajstić information content (AvgIpc) is 3.65. The number of halogens is 1. The van der Waals surface area contributed by atoms with Crippen LogP contribution in [0.3, 0.4) is 0 Å². The zero-order chi connectivity index (χ0) is 43.2. The van der Waals surface area contributed by atoms with Crippen molar-refractivity contribution in [2.45, 2.75) is 76.3 Å². The molecule has 0 bridgehead atoms. The summed E-state index contributed by atoms with van der Waals surface area (Å²) in [5.41, 5.74) is 6.71. The molecule has 7 amide bonds. The van der Waals surface area contributed by atoms with E-state index in [1.807, 2.05) is 0 Å². The second-order valence-corrected chi connectivity index (χ2v) is 16.5. The molecule has 3 rings (SSSR count). The number of thioether (sulfide) groups is 1. The smallest absolute Gasteiger partial charge is 0.394 e. The topological polar surface area (TPSA) is 325 Å². The Morgan fingerprint density at radius 1 is 0.966 bits per heavy atom. The minimum Gasteiger partial charge on any atom is -0.394 e. The number of H-pyrrole nitrogens is 1. The van der Waals surface area contributed by atoms with Crippen LogP contribution < -0.4 is 32.3 Å². The molecule has 1 aromatic carbocycles. The van der Waals surface area contributed by atoms with Crippen molar-refractivity contribution in [2.75, 3.05) is 31.2 Å². The summed E-state index contributed by atoms with van der Waals surface area (Å²) in [6.07, 6.45) is 1.13. The molecule has 0 unspecified atom stereocenters. The van der Waals surface area contributed by atoms with Crippen LogP contribution in [0.25, 0.3) is 0 Å². The first-order valence-electron chi connectivity index (χ1n) is 18.0. The lowest BCUT2D eigenvalue weighted by molar-refractivity contribution is -0.137. The Bertz CT molecular complexity index is 1800. The quantitative estimate of drug-likeness (QED) is 0.102. The third-order valence-corrected chi connectivity index (χ3v) is 10.5. The molecule has 0 radical (unpaired) electrons. The van der Waals surface area contributed by atoms with Crippen molar-refractivity contribution in [3.63, 3.8) is 0 Å². The maximum Gasteiger partial charge on any atom is 0.469 e.